The lowest BCUT2D eigenvalue weighted by Gasteiger charge is -2.18. The summed E-state index contributed by atoms with van der Waals surface area (Å²) in [6.45, 7) is 6.50. The molecule has 0 fully saturated rings. The van der Waals surface area contributed by atoms with Crippen molar-refractivity contribution in [2.45, 2.75) is 335 Å². The molecule has 0 saturated carbocycles. The summed E-state index contributed by atoms with van der Waals surface area (Å²) in [5.41, 5.74) is 0. The summed E-state index contributed by atoms with van der Waals surface area (Å²) in [6, 6.07) is 0. The van der Waals surface area contributed by atoms with Gasteiger partial charge in [0.15, 0.2) is 6.10 Å². The Morgan fingerprint density at radius 2 is 0.506 bits per heavy atom. The van der Waals surface area contributed by atoms with Crippen LogP contribution in [0.2, 0.25) is 0 Å². The van der Waals surface area contributed by atoms with Crippen LogP contribution >= 0.6 is 0 Å². The Labute approximate surface area is 477 Å². The lowest BCUT2D eigenvalue weighted by molar-refractivity contribution is -0.167. The maximum Gasteiger partial charge on any atom is 0.306 e. The van der Waals surface area contributed by atoms with E-state index in [1.807, 2.05) is 0 Å². The molecule has 0 rings (SSSR count). The highest BCUT2D eigenvalue weighted by Gasteiger charge is 2.19. The van der Waals surface area contributed by atoms with Gasteiger partial charge in [0.1, 0.15) is 13.2 Å². The van der Waals surface area contributed by atoms with Crippen LogP contribution in [0.5, 0.6) is 0 Å². The number of carbonyl (C=O) groups excluding carboxylic acids is 3. The van der Waals surface area contributed by atoms with Gasteiger partial charge in [-0.2, -0.15) is 0 Å². The lowest BCUT2D eigenvalue weighted by Crippen LogP contribution is -2.30. The SMILES string of the molecule is CC/C=C\C/C=C\C/C=C\C/C=C\CCCCCCCCCCCCCCCCCCCCC(=O)OCC(COC(=O)CCCCCCCCCCC)OC(=O)CCCCCCCC/C=C\C/C=C\C/C=C\CCCCC. The molecule has 6 heteroatoms. The number of ether oxygens (including phenoxy) is 3. The van der Waals surface area contributed by atoms with Gasteiger partial charge in [0, 0.05) is 19.3 Å². The predicted octanol–water partition coefficient (Wildman–Crippen LogP) is 22.7. The summed E-state index contributed by atoms with van der Waals surface area (Å²) >= 11 is 0. The van der Waals surface area contributed by atoms with Gasteiger partial charge < -0.3 is 14.2 Å². The van der Waals surface area contributed by atoms with Crippen LogP contribution in [0.3, 0.4) is 0 Å². The Morgan fingerprint density at radius 1 is 0.273 bits per heavy atom. The Kier molecular flexibility index (Phi) is 62.2. The fourth-order valence-electron chi connectivity index (χ4n) is 9.44. The molecule has 0 amide bonds. The van der Waals surface area contributed by atoms with Crippen LogP contribution < -0.4 is 0 Å². The highest BCUT2D eigenvalue weighted by molar-refractivity contribution is 5.71. The van der Waals surface area contributed by atoms with Gasteiger partial charge in [-0.1, -0.05) is 298 Å². The third kappa shape index (κ3) is 63.3. The van der Waals surface area contributed by atoms with Gasteiger partial charge in [-0.3, -0.25) is 14.4 Å². The maximum absolute atomic E-state index is 12.9. The topological polar surface area (TPSA) is 78.9 Å². The van der Waals surface area contributed by atoms with Gasteiger partial charge in [-0.05, 0) is 96.3 Å². The minimum absolute atomic E-state index is 0.0775. The van der Waals surface area contributed by atoms with Crippen molar-refractivity contribution in [1.82, 2.24) is 0 Å². The monoisotopic (exact) mass is 1070 g/mol. The van der Waals surface area contributed by atoms with E-state index in [4.69, 9.17) is 14.2 Å². The van der Waals surface area contributed by atoms with Crippen molar-refractivity contribution in [2.24, 2.45) is 0 Å². The molecule has 0 aromatic carbocycles. The summed E-state index contributed by atoms with van der Waals surface area (Å²) < 4.78 is 16.9. The van der Waals surface area contributed by atoms with Crippen molar-refractivity contribution in [3.63, 3.8) is 0 Å². The molecule has 1 atom stereocenters. The van der Waals surface area contributed by atoms with Crippen LogP contribution in [0.1, 0.15) is 329 Å². The van der Waals surface area contributed by atoms with E-state index in [-0.39, 0.29) is 31.1 Å². The number of hydrogen-bond acceptors (Lipinski definition) is 6. The average Bonchev–Trinajstić information content (AvgIpc) is 3.43. The number of esters is 3. The fourth-order valence-corrected chi connectivity index (χ4v) is 9.44. The predicted molar refractivity (Wildman–Crippen MR) is 334 cm³/mol. The lowest BCUT2D eigenvalue weighted by atomic mass is 10.0. The van der Waals surface area contributed by atoms with Gasteiger partial charge in [0.25, 0.3) is 0 Å². The van der Waals surface area contributed by atoms with Crippen molar-refractivity contribution in [3.8, 4) is 0 Å². The first kappa shape index (κ1) is 73.6. The van der Waals surface area contributed by atoms with E-state index in [2.05, 4.69) is 106 Å². The molecule has 0 radical (unpaired) electrons. The van der Waals surface area contributed by atoms with E-state index in [0.29, 0.717) is 19.3 Å². The standard InChI is InChI=1S/C71H124O6/c1-4-7-10-13-16-19-21-23-25-27-29-30-31-32-33-34-35-36-37-38-39-40-42-43-45-47-49-52-55-58-61-64-70(73)76-67-68(66-75-69(72)63-60-57-54-51-18-15-12-9-6-3)77-71(74)65-62-59-56-53-50-48-46-44-41-28-26-24-22-20-17-14-11-8-5-2/h7,10,16-17,19-20,23-26,29-30,41,44,68H,4-6,8-9,11-15,18,21-22,27-28,31-40,42-43,45-67H2,1-3H3/b10-7-,19-16-,20-17-,25-23-,26-24-,30-29-,44-41-. The van der Waals surface area contributed by atoms with Gasteiger partial charge in [0.2, 0.25) is 0 Å². The third-order valence-electron chi connectivity index (χ3n) is 14.4. The smallest absolute Gasteiger partial charge is 0.306 e. The van der Waals surface area contributed by atoms with E-state index in [0.717, 1.165) is 109 Å². The molecule has 0 aromatic heterocycles. The minimum Gasteiger partial charge on any atom is -0.462 e. The molecule has 0 spiro atoms. The number of unbranched alkanes of at least 4 members (excludes halogenated alkanes) is 35. The summed E-state index contributed by atoms with van der Waals surface area (Å²) in [6.07, 6.45) is 86.1. The molecular weight excluding hydrogens is 949 g/mol. The summed E-state index contributed by atoms with van der Waals surface area (Å²) in [5.74, 6) is -0.878. The van der Waals surface area contributed by atoms with Crippen molar-refractivity contribution >= 4 is 17.9 Å². The molecule has 0 N–H and O–H groups in total. The highest BCUT2D eigenvalue weighted by Crippen LogP contribution is 2.17. The second kappa shape index (κ2) is 65.1. The number of rotatable bonds is 60. The Balaban J connectivity index is 4.12. The quantitative estimate of drug-likeness (QED) is 0.0261. The normalized spacial score (nSPS) is 12.6. The van der Waals surface area contributed by atoms with Crippen LogP contribution in [0.4, 0.5) is 0 Å². The third-order valence-corrected chi connectivity index (χ3v) is 14.4. The highest BCUT2D eigenvalue weighted by atomic mass is 16.6. The van der Waals surface area contributed by atoms with Crippen molar-refractivity contribution < 1.29 is 28.6 Å². The molecule has 0 saturated heterocycles. The largest absolute Gasteiger partial charge is 0.462 e. The minimum atomic E-state index is -0.780. The Hall–Kier alpha value is -3.41. The average molecular weight is 1070 g/mol. The molecule has 444 valence electrons. The van der Waals surface area contributed by atoms with Crippen molar-refractivity contribution in [2.75, 3.05) is 13.2 Å². The maximum atomic E-state index is 12.9. The molecule has 0 aliphatic carbocycles. The molecule has 6 nitrogen and oxygen atoms in total. The molecule has 0 heterocycles. The van der Waals surface area contributed by atoms with Crippen molar-refractivity contribution in [3.05, 3.63) is 85.1 Å². The van der Waals surface area contributed by atoms with Crippen LogP contribution in [0, 0.1) is 0 Å². The summed E-state index contributed by atoms with van der Waals surface area (Å²) in [4.78, 5) is 38.2. The van der Waals surface area contributed by atoms with Crippen LogP contribution in [0.25, 0.3) is 0 Å². The van der Waals surface area contributed by atoms with Crippen LogP contribution in [-0.4, -0.2) is 37.2 Å². The molecule has 0 aliphatic rings. The summed E-state index contributed by atoms with van der Waals surface area (Å²) in [7, 11) is 0. The zero-order valence-electron chi connectivity index (χ0n) is 51.0. The van der Waals surface area contributed by atoms with Gasteiger partial charge >= 0.3 is 17.9 Å². The van der Waals surface area contributed by atoms with Gasteiger partial charge in [0.05, 0.1) is 0 Å². The second-order valence-corrected chi connectivity index (χ2v) is 22.0. The second-order valence-electron chi connectivity index (χ2n) is 22.0. The number of carbonyl (C=O) groups is 3. The Morgan fingerprint density at radius 3 is 0.818 bits per heavy atom. The molecule has 0 bridgehead atoms. The van der Waals surface area contributed by atoms with E-state index in [9.17, 15) is 14.4 Å². The van der Waals surface area contributed by atoms with Crippen LogP contribution in [0.15, 0.2) is 85.1 Å². The van der Waals surface area contributed by atoms with Gasteiger partial charge in [-0.25, -0.2) is 0 Å². The van der Waals surface area contributed by atoms with E-state index in [1.54, 1.807) is 0 Å². The number of allylic oxidation sites excluding steroid dienone is 14. The molecule has 77 heavy (non-hydrogen) atoms. The van der Waals surface area contributed by atoms with E-state index >= 15 is 0 Å². The zero-order chi connectivity index (χ0) is 55.7. The molecular formula is C71H124O6. The summed E-state index contributed by atoms with van der Waals surface area (Å²) in [5, 5.41) is 0. The van der Waals surface area contributed by atoms with Crippen LogP contribution in [-0.2, 0) is 28.6 Å². The van der Waals surface area contributed by atoms with E-state index in [1.165, 1.54) is 180 Å². The first-order valence-electron chi connectivity index (χ1n) is 33.1. The van der Waals surface area contributed by atoms with Crippen molar-refractivity contribution in [1.29, 1.82) is 0 Å². The first-order chi connectivity index (χ1) is 38.0. The number of hydrogen-bond donors (Lipinski definition) is 0. The van der Waals surface area contributed by atoms with Gasteiger partial charge in [-0.15, -0.1) is 0 Å². The molecule has 0 aromatic rings. The first-order valence-corrected chi connectivity index (χ1v) is 33.1. The molecule has 1 unspecified atom stereocenters. The van der Waals surface area contributed by atoms with E-state index < -0.39 is 6.10 Å². The zero-order valence-corrected chi connectivity index (χ0v) is 51.0. The fraction of sp³-hybridized carbons (Fsp3) is 0.761. The molecule has 0 aliphatic heterocycles. The Bertz CT molecular complexity index is 1470.